The summed E-state index contributed by atoms with van der Waals surface area (Å²) in [6, 6.07) is 1.74. The Morgan fingerprint density at radius 1 is 1.42 bits per heavy atom. The van der Waals surface area contributed by atoms with Crippen LogP contribution in [0.15, 0.2) is 16.2 Å². The van der Waals surface area contributed by atoms with Crippen LogP contribution in [0.25, 0.3) is 10.2 Å². The van der Waals surface area contributed by atoms with Crippen molar-refractivity contribution in [2.24, 2.45) is 0 Å². The second-order valence-corrected chi connectivity index (χ2v) is 4.96. The molecule has 0 aliphatic heterocycles. The topological polar surface area (TPSA) is 57.8 Å². The molecule has 8 heteroatoms. The van der Waals surface area contributed by atoms with Crippen LogP contribution in [0.1, 0.15) is 18.7 Å². The van der Waals surface area contributed by atoms with Crippen molar-refractivity contribution in [3.05, 3.63) is 27.6 Å². The molecule has 2 N–H and O–H groups in total. The highest BCUT2D eigenvalue weighted by Crippen LogP contribution is 2.20. The van der Waals surface area contributed by atoms with E-state index in [0.717, 1.165) is 0 Å². The number of thiophene rings is 1. The van der Waals surface area contributed by atoms with E-state index >= 15 is 0 Å². The molecule has 2 aromatic heterocycles. The summed E-state index contributed by atoms with van der Waals surface area (Å²) < 4.78 is 36.3. The smallest absolute Gasteiger partial charge is 0.310 e. The average Bonchev–Trinajstić information content (AvgIpc) is 2.75. The Bertz CT molecular complexity index is 605. The number of hydrogen-bond donors (Lipinski definition) is 2. The van der Waals surface area contributed by atoms with Crippen molar-refractivity contribution < 1.29 is 13.2 Å². The van der Waals surface area contributed by atoms with Crippen molar-refractivity contribution in [3.8, 4) is 0 Å². The van der Waals surface area contributed by atoms with E-state index in [-0.39, 0.29) is 25.1 Å². The molecule has 0 saturated heterocycles. The molecule has 0 atom stereocenters. The number of aromatic amines is 1. The number of alkyl halides is 3. The molecule has 0 aliphatic rings. The number of hydrogen-bond acceptors (Lipinski definition) is 4. The van der Waals surface area contributed by atoms with Gasteiger partial charge in [0.1, 0.15) is 10.5 Å². The molecule has 2 aromatic rings. The molecular formula is C11H12F3N3OS. The Labute approximate surface area is 110 Å². The normalized spacial score (nSPS) is 12.2. The second-order valence-electron chi connectivity index (χ2n) is 4.04. The minimum absolute atomic E-state index is 0.00836. The molecule has 0 fully saturated rings. The minimum Gasteiger partial charge on any atom is -0.310 e. The predicted octanol–water partition coefficient (Wildman–Crippen LogP) is 2.42. The third kappa shape index (κ3) is 4.03. The van der Waals surface area contributed by atoms with E-state index in [2.05, 4.69) is 15.3 Å². The first-order valence-corrected chi connectivity index (χ1v) is 6.57. The molecule has 0 aliphatic carbocycles. The van der Waals surface area contributed by atoms with Gasteiger partial charge in [-0.15, -0.1) is 11.3 Å². The van der Waals surface area contributed by atoms with Crippen LogP contribution in [0.4, 0.5) is 13.2 Å². The van der Waals surface area contributed by atoms with E-state index in [9.17, 15) is 18.0 Å². The largest absolute Gasteiger partial charge is 0.389 e. The zero-order valence-corrected chi connectivity index (χ0v) is 10.7. The summed E-state index contributed by atoms with van der Waals surface area (Å²) in [5.41, 5.74) is 0.396. The third-order valence-corrected chi connectivity index (χ3v) is 3.37. The standard InChI is InChI=1S/C11H12F3N3OS/c12-11(13,14)3-1-4-15-6-8-16-7-2-5-19-9(7)10(18)17-8/h2,5,15H,1,3-4,6H2,(H,16,17,18). The fourth-order valence-corrected chi connectivity index (χ4v) is 2.35. The highest BCUT2D eigenvalue weighted by Gasteiger charge is 2.25. The molecule has 0 amide bonds. The lowest BCUT2D eigenvalue weighted by molar-refractivity contribution is -0.135. The van der Waals surface area contributed by atoms with Gasteiger partial charge in [-0.3, -0.25) is 4.79 Å². The highest BCUT2D eigenvalue weighted by atomic mass is 32.1. The zero-order chi connectivity index (χ0) is 13.9. The summed E-state index contributed by atoms with van der Waals surface area (Å²) in [7, 11) is 0. The van der Waals surface area contributed by atoms with E-state index in [1.54, 1.807) is 11.4 Å². The third-order valence-electron chi connectivity index (χ3n) is 2.47. The van der Waals surface area contributed by atoms with Gasteiger partial charge < -0.3 is 10.3 Å². The van der Waals surface area contributed by atoms with Crippen LogP contribution in [0.2, 0.25) is 0 Å². The molecule has 0 saturated carbocycles. The number of nitrogens with one attached hydrogen (secondary N) is 2. The summed E-state index contributed by atoms with van der Waals surface area (Å²) in [4.78, 5) is 18.4. The lowest BCUT2D eigenvalue weighted by Crippen LogP contribution is -2.21. The summed E-state index contributed by atoms with van der Waals surface area (Å²) in [6.45, 7) is 0.476. The molecule has 0 radical (unpaired) electrons. The van der Waals surface area contributed by atoms with E-state index in [1.807, 2.05) is 0 Å². The van der Waals surface area contributed by atoms with Crippen molar-refractivity contribution in [1.82, 2.24) is 15.3 Å². The Balaban J connectivity index is 1.86. The molecule has 0 bridgehead atoms. The number of halogens is 3. The van der Waals surface area contributed by atoms with Crippen LogP contribution in [-0.4, -0.2) is 22.7 Å². The van der Waals surface area contributed by atoms with Crippen molar-refractivity contribution in [3.63, 3.8) is 0 Å². The number of rotatable bonds is 5. The van der Waals surface area contributed by atoms with Crippen LogP contribution in [0.5, 0.6) is 0 Å². The SMILES string of the molecule is O=c1[nH]c(CNCCCC(F)(F)F)nc2ccsc12. The van der Waals surface area contributed by atoms with E-state index < -0.39 is 12.6 Å². The van der Waals surface area contributed by atoms with Gasteiger partial charge in [0.25, 0.3) is 5.56 Å². The first-order chi connectivity index (χ1) is 8.96. The van der Waals surface area contributed by atoms with Crippen LogP contribution < -0.4 is 10.9 Å². The summed E-state index contributed by atoms with van der Waals surface area (Å²) >= 11 is 1.31. The van der Waals surface area contributed by atoms with Gasteiger partial charge in [0.2, 0.25) is 0 Å². The molecular weight excluding hydrogens is 279 g/mol. The lowest BCUT2D eigenvalue weighted by Gasteiger charge is -2.07. The predicted molar refractivity (Wildman–Crippen MR) is 67.2 cm³/mol. The van der Waals surface area contributed by atoms with Crippen molar-refractivity contribution in [1.29, 1.82) is 0 Å². The molecule has 0 aromatic carbocycles. The van der Waals surface area contributed by atoms with Gasteiger partial charge in [0.05, 0.1) is 12.1 Å². The minimum atomic E-state index is -4.12. The van der Waals surface area contributed by atoms with Crippen molar-refractivity contribution >= 4 is 21.6 Å². The molecule has 2 rings (SSSR count). The second kappa shape index (κ2) is 5.70. The zero-order valence-electron chi connectivity index (χ0n) is 9.88. The first-order valence-electron chi connectivity index (χ1n) is 5.69. The van der Waals surface area contributed by atoms with Crippen molar-refractivity contribution in [2.75, 3.05) is 6.54 Å². The monoisotopic (exact) mass is 291 g/mol. The van der Waals surface area contributed by atoms with Crippen LogP contribution in [0, 0.1) is 0 Å². The van der Waals surface area contributed by atoms with E-state index in [0.29, 0.717) is 16.0 Å². The molecule has 0 unspecified atom stereocenters. The number of fused-ring (bicyclic) bond motifs is 1. The van der Waals surface area contributed by atoms with Gasteiger partial charge in [-0.2, -0.15) is 13.2 Å². The van der Waals surface area contributed by atoms with E-state index in [4.69, 9.17) is 0 Å². The van der Waals surface area contributed by atoms with Gasteiger partial charge in [-0.05, 0) is 24.4 Å². The summed E-state index contributed by atoms with van der Waals surface area (Å²) in [5, 5.41) is 4.60. The Kier molecular flexibility index (Phi) is 4.20. The maximum Gasteiger partial charge on any atom is 0.389 e. The first kappa shape index (κ1) is 14.0. The van der Waals surface area contributed by atoms with E-state index in [1.165, 1.54) is 11.3 Å². The van der Waals surface area contributed by atoms with Crippen LogP contribution in [-0.2, 0) is 6.54 Å². The maximum absolute atomic E-state index is 11.9. The Hall–Kier alpha value is -1.41. The highest BCUT2D eigenvalue weighted by molar-refractivity contribution is 7.17. The van der Waals surface area contributed by atoms with Gasteiger partial charge in [0.15, 0.2) is 0 Å². The van der Waals surface area contributed by atoms with Gasteiger partial charge in [-0.25, -0.2) is 4.98 Å². The fourth-order valence-electron chi connectivity index (χ4n) is 1.63. The molecule has 0 spiro atoms. The number of aromatic nitrogens is 2. The quantitative estimate of drug-likeness (QED) is 0.832. The Morgan fingerprint density at radius 3 is 2.95 bits per heavy atom. The summed E-state index contributed by atoms with van der Waals surface area (Å²) in [6.07, 6.45) is -4.92. The molecule has 19 heavy (non-hydrogen) atoms. The summed E-state index contributed by atoms with van der Waals surface area (Å²) in [5.74, 6) is 0.433. The molecule has 4 nitrogen and oxygen atoms in total. The average molecular weight is 291 g/mol. The van der Waals surface area contributed by atoms with Gasteiger partial charge in [-0.1, -0.05) is 0 Å². The lowest BCUT2D eigenvalue weighted by atomic mass is 10.3. The van der Waals surface area contributed by atoms with Gasteiger partial charge >= 0.3 is 6.18 Å². The van der Waals surface area contributed by atoms with Gasteiger partial charge in [0, 0.05) is 6.42 Å². The van der Waals surface area contributed by atoms with Crippen LogP contribution in [0.3, 0.4) is 0 Å². The van der Waals surface area contributed by atoms with Crippen molar-refractivity contribution in [2.45, 2.75) is 25.6 Å². The number of nitrogens with zero attached hydrogens (tertiary/aromatic N) is 1. The van der Waals surface area contributed by atoms with Crippen LogP contribution >= 0.6 is 11.3 Å². The number of H-pyrrole nitrogens is 1. The molecule has 104 valence electrons. The fraction of sp³-hybridized carbons (Fsp3) is 0.455. The Morgan fingerprint density at radius 2 is 2.21 bits per heavy atom. The maximum atomic E-state index is 11.9. The molecule has 2 heterocycles.